The normalized spacial score (nSPS) is 12.2. The third-order valence-corrected chi connectivity index (χ3v) is 13.2. The molecule has 0 aliphatic heterocycles. The molecule has 0 spiro atoms. The van der Waals surface area contributed by atoms with E-state index in [2.05, 4.69) is 168 Å². The molecule has 53 heavy (non-hydrogen) atoms. The largest absolute Gasteiger partial charge is 0.278 e. The number of thiophene rings is 2. The number of benzene rings is 8. The number of hydrogen-bond acceptors (Lipinski definition) is 4. The van der Waals surface area contributed by atoms with Gasteiger partial charge in [-0.25, -0.2) is 9.97 Å². The summed E-state index contributed by atoms with van der Waals surface area (Å²) in [6.45, 7) is 0. The fraction of sp³-hybridized carbons (Fsp3) is 0. The Balaban J connectivity index is 1.21. The molecule has 4 heterocycles. The maximum absolute atomic E-state index is 5.57. The lowest BCUT2D eigenvalue weighted by Gasteiger charge is -2.15. The van der Waals surface area contributed by atoms with E-state index in [9.17, 15) is 0 Å². The summed E-state index contributed by atoms with van der Waals surface area (Å²) in [7, 11) is 0. The molecule has 0 radical (unpaired) electrons. The lowest BCUT2D eigenvalue weighted by Crippen LogP contribution is -2.03. The van der Waals surface area contributed by atoms with E-state index in [0.717, 1.165) is 33.2 Å². The number of hydrogen-bond donors (Lipinski definition) is 0. The van der Waals surface area contributed by atoms with Crippen LogP contribution in [0.2, 0.25) is 0 Å². The summed E-state index contributed by atoms with van der Waals surface area (Å²) >= 11 is 3.77. The van der Waals surface area contributed by atoms with Crippen LogP contribution in [0.5, 0.6) is 0 Å². The highest BCUT2D eigenvalue weighted by Crippen LogP contribution is 2.48. The van der Waals surface area contributed by atoms with Gasteiger partial charge in [-0.3, -0.25) is 4.57 Å². The molecule has 12 rings (SSSR count). The number of para-hydroxylation sites is 1. The Morgan fingerprint density at radius 1 is 0.377 bits per heavy atom. The minimum atomic E-state index is 0.677. The van der Waals surface area contributed by atoms with Gasteiger partial charge in [0, 0.05) is 62.1 Å². The van der Waals surface area contributed by atoms with Crippen molar-refractivity contribution in [2.45, 2.75) is 0 Å². The van der Waals surface area contributed by atoms with Crippen LogP contribution in [0.3, 0.4) is 0 Å². The van der Waals surface area contributed by atoms with Gasteiger partial charge in [-0.2, -0.15) is 0 Å². The average Bonchev–Trinajstić information content (AvgIpc) is 3.90. The molecule has 246 valence electrons. The van der Waals surface area contributed by atoms with Crippen LogP contribution in [0, 0.1) is 0 Å². The summed E-state index contributed by atoms with van der Waals surface area (Å²) in [6, 6.07) is 59.0. The first-order chi connectivity index (χ1) is 26.3. The summed E-state index contributed by atoms with van der Waals surface area (Å²) in [5.74, 6) is 0.677. The Bertz CT molecular complexity index is 3330. The fourth-order valence-electron chi connectivity index (χ4n) is 8.50. The summed E-state index contributed by atoms with van der Waals surface area (Å²) in [6.07, 6.45) is 0. The first-order valence-corrected chi connectivity index (χ1v) is 19.5. The summed E-state index contributed by atoms with van der Waals surface area (Å²) in [4.78, 5) is 10.9. The zero-order valence-corrected chi connectivity index (χ0v) is 29.9. The molecule has 0 aliphatic carbocycles. The third kappa shape index (κ3) is 4.15. The summed E-state index contributed by atoms with van der Waals surface area (Å²) in [5.41, 5.74) is 7.61. The van der Waals surface area contributed by atoms with E-state index >= 15 is 0 Å². The summed E-state index contributed by atoms with van der Waals surface area (Å²) in [5, 5.41) is 11.1. The molecule has 0 saturated heterocycles. The van der Waals surface area contributed by atoms with Gasteiger partial charge in [0.15, 0.2) is 0 Å². The molecular weight excluding hydrogens is 683 g/mol. The standard InChI is InChI=1S/C48H27N3S2/c1-2-12-28(13-3-1)29-22-23-34(31-15-5-4-14-30(29)31)45-37-18-6-9-19-38(37)49-48(50-45)51-39-26-24-35-32-16-7-10-20-41(32)52-46(35)43(39)44-40(51)27-25-36-33-17-8-11-21-42(33)53-47(36)44/h1-27H. The van der Waals surface area contributed by atoms with Crippen LogP contribution in [-0.2, 0) is 0 Å². The van der Waals surface area contributed by atoms with Crippen molar-refractivity contribution in [2.75, 3.05) is 0 Å². The second kappa shape index (κ2) is 11.1. The van der Waals surface area contributed by atoms with Gasteiger partial charge in [-0.05, 0) is 52.2 Å². The molecule has 4 aromatic heterocycles. The predicted octanol–water partition coefficient (Wildman–Crippen LogP) is 13.9. The van der Waals surface area contributed by atoms with E-state index in [0.29, 0.717) is 5.95 Å². The Kier molecular flexibility index (Phi) is 6.09. The average molecular weight is 710 g/mol. The predicted molar refractivity (Wildman–Crippen MR) is 228 cm³/mol. The van der Waals surface area contributed by atoms with Gasteiger partial charge < -0.3 is 0 Å². The van der Waals surface area contributed by atoms with Crippen molar-refractivity contribution in [1.82, 2.24) is 14.5 Å². The van der Waals surface area contributed by atoms with Crippen LogP contribution in [0.1, 0.15) is 0 Å². The Morgan fingerprint density at radius 3 is 1.53 bits per heavy atom. The maximum atomic E-state index is 5.57. The molecule has 0 bridgehead atoms. The van der Waals surface area contributed by atoms with Crippen LogP contribution in [-0.4, -0.2) is 14.5 Å². The second-order valence-corrected chi connectivity index (χ2v) is 15.8. The summed E-state index contributed by atoms with van der Waals surface area (Å²) < 4.78 is 7.53. The van der Waals surface area contributed by atoms with Gasteiger partial charge in [0.05, 0.1) is 22.2 Å². The minimum Gasteiger partial charge on any atom is -0.278 e. The Hall–Kier alpha value is -6.40. The molecule has 5 heteroatoms. The van der Waals surface area contributed by atoms with Gasteiger partial charge in [0.25, 0.3) is 0 Å². The van der Waals surface area contributed by atoms with Crippen molar-refractivity contribution in [2.24, 2.45) is 0 Å². The van der Waals surface area contributed by atoms with E-state index in [-0.39, 0.29) is 0 Å². The Morgan fingerprint density at radius 2 is 0.887 bits per heavy atom. The van der Waals surface area contributed by atoms with Crippen molar-refractivity contribution in [3.05, 3.63) is 164 Å². The highest BCUT2D eigenvalue weighted by atomic mass is 32.1. The van der Waals surface area contributed by atoms with Crippen LogP contribution >= 0.6 is 22.7 Å². The van der Waals surface area contributed by atoms with Crippen molar-refractivity contribution < 1.29 is 0 Å². The number of aromatic nitrogens is 3. The SMILES string of the molecule is c1ccc(-c2ccc(-c3nc(-n4c5ccc6c7ccccc7sc6c5c5c6sc7ccccc7c6ccc54)nc4ccccc34)c3ccccc23)cc1. The van der Waals surface area contributed by atoms with Crippen molar-refractivity contribution in [1.29, 1.82) is 0 Å². The molecule has 0 saturated carbocycles. The molecular formula is C48H27N3S2. The number of fused-ring (bicyclic) bond motifs is 13. The van der Waals surface area contributed by atoms with Crippen LogP contribution < -0.4 is 0 Å². The first kappa shape index (κ1) is 29.2. The van der Waals surface area contributed by atoms with Crippen molar-refractivity contribution >= 4 is 106 Å². The zero-order valence-electron chi connectivity index (χ0n) is 28.2. The van der Waals surface area contributed by atoms with Gasteiger partial charge in [-0.15, -0.1) is 22.7 Å². The molecule has 0 fully saturated rings. The molecule has 8 aromatic carbocycles. The second-order valence-electron chi connectivity index (χ2n) is 13.7. The lowest BCUT2D eigenvalue weighted by atomic mass is 9.93. The maximum Gasteiger partial charge on any atom is 0.235 e. The monoisotopic (exact) mass is 709 g/mol. The molecule has 0 unspecified atom stereocenters. The zero-order chi connectivity index (χ0) is 34.6. The Labute approximate surface area is 311 Å². The van der Waals surface area contributed by atoms with Crippen LogP contribution in [0.15, 0.2) is 164 Å². The number of rotatable bonds is 3. The van der Waals surface area contributed by atoms with E-state index < -0.39 is 0 Å². The lowest BCUT2D eigenvalue weighted by molar-refractivity contribution is 1.01. The quantitative estimate of drug-likeness (QED) is 0.183. The number of nitrogens with zero attached hydrogens (tertiary/aromatic N) is 3. The molecule has 0 amide bonds. The van der Waals surface area contributed by atoms with Gasteiger partial charge in [0.2, 0.25) is 5.95 Å². The van der Waals surface area contributed by atoms with Crippen LogP contribution in [0.25, 0.3) is 112 Å². The smallest absolute Gasteiger partial charge is 0.235 e. The highest BCUT2D eigenvalue weighted by Gasteiger charge is 2.23. The van der Waals surface area contributed by atoms with E-state index in [1.807, 2.05) is 22.7 Å². The topological polar surface area (TPSA) is 30.7 Å². The van der Waals surface area contributed by atoms with Crippen molar-refractivity contribution in [3.8, 4) is 28.3 Å². The first-order valence-electron chi connectivity index (χ1n) is 17.8. The van der Waals surface area contributed by atoms with Gasteiger partial charge >= 0.3 is 0 Å². The van der Waals surface area contributed by atoms with Crippen LogP contribution in [0.4, 0.5) is 0 Å². The molecule has 12 aromatic rings. The highest BCUT2D eigenvalue weighted by molar-refractivity contribution is 7.28. The fourth-order valence-corrected chi connectivity index (χ4v) is 11.0. The molecule has 0 aliphatic rings. The van der Waals surface area contributed by atoms with E-state index in [4.69, 9.17) is 9.97 Å². The van der Waals surface area contributed by atoms with Gasteiger partial charge in [-0.1, -0.05) is 133 Å². The molecule has 0 atom stereocenters. The van der Waals surface area contributed by atoms with E-state index in [1.165, 1.54) is 73.0 Å². The van der Waals surface area contributed by atoms with Gasteiger partial charge in [0.1, 0.15) is 0 Å². The molecule has 0 N–H and O–H groups in total. The molecule has 3 nitrogen and oxygen atoms in total. The minimum absolute atomic E-state index is 0.677. The van der Waals surface area contributed by atoms with Crippen molar-refractivity contribution in [3.63, 3.8) is 0 Å². The third-order valence-electron chi connectivity index (χ3n) is 10.8. The van der Waals surface area contributed by atoms with E-state index in [1.54, 1.807) is 0 Å².